The Labute approximate surface area is 144 Å². The van der Waals surface area contributed by atoms with E-state index in [-0.39, 0.29) is 17.6 Å². The van der Waals surface area contributed by atoms with Crippen LogP contribution in [-0.2, 0) is 4.74 Å². The Balaban J connectivity index is 1.65. The van der Waals surface area contributed by atoms with Crippen LogP contribution < -0.4 is 0 Å². The number of hydrogen-bond acceptors (Lipinski definition) is 5. The highest BCUT2D eigenvalue weighted by molar-refractivity contribution is 5.35. The molecule has 7 heteroatoms. The molecule has 2 aromatic rings. The molecular weight excluding hydrogens is 327 g/mol. The Morgan fingerprint density at radius 1 is 1.32 bits per heavy atom. The van der Waals surface area contributed by atoms with E-state index < -0.39 is 11.0 Å². The van der Waals surface area contributed by atoms with E-state index in [2.05, 4.69) is 0 Å². The molecule has 1 aliphatic heterocycles. The van der Waals surface area contributed by atoms with Gasteiger partial charge in [-0.2, -0.15) is 0 Å². The van der Waals surface area contributed by atoms with Crippen molar-refractivity contribution >= 4 is 5.69 Å². The molecule has 132 valence electrons. The molecule has 6 nitrogen and oxygen atoms in total. The molecule has 1 heterocycles. The van der Waals surface area contributed by atoms with Gasteiger partial charge in [0.2, 0.25) is 0 Å². The fourth-order valence-corrected chi connectivity index (χ4v) is 2.94. The quantitative estimate of drug-likeness (QED) is 0.665. The second-order valence-electron chi connectivity index (χ2n) is 6.04. The summed E-state index contributed by atoms with van der Waals surface area (Å²) in [6.07, 6.45) is -1.02. The van der Waals surface area contributed by atoms with Crippen molar-refractivity contribution in [1.82, 2.24) is 4.90 Å². The first kappa shape index (κ1) is 17.5. The largest absolute Gasteiger partial charge is 0.387 e. The van der Waals surface area contributed by atoms with Crippen LogP contribution in [-0.4, -0.2) is 41.2 Å². The Morgan fingerprint density at radius 2 is 2.08 bits per heavy atom. The maximum absolute atomic E-state index is 13.0. The number of nitrogens with zero attached hydrogens (tertiary/aromatic N) is 2. The lowest BCUT2D eigenvalue weighted by molar-refractivity contribution is -0.385. The van der Waals surface area contributed by atoms with Gasteiger partial charge in [-0.25, -0.2) is 4.39 Å². The molecule has 0 aromatic heterocycles. The second-order valence-corrected chi connectivity index (χ2v) is 6.04. The number of ether oxygens (including phenoxy) is 1. The number of nitro benzene ring substituents is 1. The smallest absolute Gasteiger partial charge is 0.269 e. The highest BCUT2D eigenvalue weighted by Gasteiger charge is 2.24. The van der Waals surface area contributed by atoms with E-state index in [1.807, 2.05) is 4.90 Å². The summed E-state index contributed by atoms with van der Waals surface area (Å²) in [7, 11) is 0. The van der Waals surface area contributed by atoms with Gasteiger partial charge in [0.05, 0.1) is 23.7 Å². The zero-order chi connectivity index (χ0) is 17.8. The van der Waals surface area contributed by atoms with Crippen LogP contribution in [0.3, 0.4) is 0 Å². The van der Waals surface area contributed by atoms with E-state index in [1.54, 1.807) is 24.3 Å². The summed E-state index contributed by atoms with van der Waals surface area (Å²) in [5, 5.41) is 21.3. The number of halogens is 1. The van der Waals surface area contributed by atoms with E-state index in [1.165, 1.54) is 24.3 Å². The van der Waals surface area contributed by atoms with Crippen molar-refractivity contribution in [2.45, 2.75) is 12.2 Å². The van der Waals surface area contributed by atoms with E-state index in [4.69, 9.17) is 4.74 Å². The third kappa shape index (κ3) is 4.39. The monoisotopic (exact) mass is 346 g/mol. The Morgan fingerprint density at radius 3 is 2.80 bits per heavy atom. The highest BCUT2D eigenvalue weighted by atomic mass is 19.1. The number of β-amino-alcohol motifs (C(OH)–C–C–N with tert-alkyl or cyclic N) is 1. The molecule has 0 radical (unpaired) electrons. The molecule has 1 aliphatic rings. The summed E-state index contributed by atoms with van der Waals surface area (Å²) in [6, 6.07) is 12.2. The minimum absolute atomic E-state index is 0.0392. The van der Waals surface area contributed by atoms with Crippen molar-refractivity contribution in [2.75, 3.05) is 26.2 Å². The van der Waals surface area contributed by atoms with Gasteiger partial charge in [-0.3, -0.25) is 15.0 Å². The maximum atomic E-state index is 13.0. The van der Waals surface area contributed by atoms with Gasteiger partial charge in [0.1, 0.15) is 5.82 Å². The van der Waals surface area contributed by atoms with Gasteiger partial charge >= 0.3 is 0 Å². The summed E-state index contributed by atoms with van der Waals surface area (Å²) in [5.74, 6) is -0.294. The average Bonchev–Trinajstić information content (AvgIpc) is 2.62. The summed E-state index contributed by atoms with van der Waals surface area (Å²) in [5.41, 5.74) is 1.36. The molecule has 0 amide bonds. The molecule has 0 spiro atoms. The van der Waals surface area contributed by atoms with E-state index in [0.29, 0.717) is 31.8 Å². The summed E-state index contributed by atoms with van der Waals surface area (Å²) in [4.78, 5) is 12.4. The topological polar surface area (TPSA) is 75.8 Å². The van der Waals surface area contributed by atoms with Crippen LogP contribution in [0.2, 0.25) is 0 Å². The molecule has 1 fully saturated rings. The molecule has 2 unspecified atom stereocenters. The molecule has 0 aliphatic carbocycles. The van der Waals surface area contributed by atoms with Gasteiger partial charge in [0, 0.05) is 31.8 Å². The van der Waals surface area contributed by atoms with Crippen LogP contribution in [0.25, 0.3) is 0 Å². The molecule has 2 atom stereocenters. The van der Waals surface area contributed by atoms with Crippen LogP contribution in [0.1, 0.15) is 23.3 Å². The van der Waals surface area contributed by atoms with Gasteiger partial charge in [0.15, 0.2) is 0 Å². The molecule has 0 bridgehead atoms. The van der Waals surface area contributed by atoms with Crippen LogP contribution in [0, 0.1) is 15.9 Å². The Kier molecular flexibility index (Phi) is 5.37. The summed E-state index contributed by atoms with van der Waals surface area (Å²) in [6.45, 7) is 2.08. The van der Waals surface area contributed by atoms with Crippen LogP contribution in [0.4, 0.5) is 10.1 Å². The van der Waals surface area contributed by atoms with Crippen LogP contribution in [0.5, 0.6) is 0 Å². The van der Waals surface area contributed by atoms with E-state index in [9.17, 15) is 19.6 Å². The van der Waals surface area contributed by atoms with Crippen LogP contribution >= 0.6 is 0 Å². The fraction of sp³-hybridized carbons (Fsp3) is 0.333. The lowest BCUT2D eigenvalue weighted by atomic mass is 10.1. The van der Waals surface area contributed by atoms with Gasteiger partial charge in [-0.15, -0.1) is 0 Å². The standard InChI is InChI=1S/C18H19FN2O4/c19-15-6-4-13(5-7-15)18-12-20(8-9-25-18)11-17(22)14-2-1-3-16(10-14)21(23)24/h1-7,10,17-18,22H,8-9,11-12H2. The second kappa shape index (κ2) is 7.69. The first-order chi connectivity index (χ1) is 12.0. The van der Waals surface area contributed by atoms with Crippen LogP contribution in [0.15, 0.2) is 48.5 Å². The number of benzene rings is 2. The van der Waals surface area contributed by atoms with E-state index >= 15 is 0 Å². The molecule has 1 saturated heterocycles. The van der Waals surface area contributed by atoms with Crippen molar-refractivity contribution in [2.24, 2.45) is 0 Å². The van der Waals surface area contributed by atoms with Crippen molar-refractivity contribution in [3.8, 4) is 0 Å². The molecule has 0 saturated carbocycles. The minimum Gasteiger partial charge on any atom is -0.387 e. The number of hydrogen-bond donors (Lipinski definition) is 1. The van der Waals surface area contributed by atoms with Crippen molar-refractivity contribution in [1.29, 1.82) is 0 Å². The third-order valence-corrected chi connectivity index (χ3v) is 4.29. The van der Waals surface area contributed by atoms with Gasteiger partial charge in [-0.05, 0) is 23.3 Å². The lowest BCUT2D eigenvalue weighted by Gasteiger charge is -2.34. The normalized spacial score (nSPS) is 19.5. The number of aliphatic hydroxyl groups excluding tert-OH is 1. The first-order valence-electron chi connectivity index (χ1n) is 8.05. The van der Waals surface area contributed by atoms with Crippen molar-refractivity contribution in [3.63, 3.8) is 0 Å². The zero-order valence-corrected chi connectivity index (χ0v) is 13.5. The van der Waals surface area contributed by atoms with Crippen molar-refractivity contribution < 1.29 is 19.2 Å². The number of nitro groups is 1. The molecule has 3 rings (SSSR count). The van der Waals surface area contributed by atoms with Crippen molar-refractivity contribution in [3.05, 3.63) is 75.6 Å². The highest BCUT2D eigenvalue weighted by Crippen LogP contribution is 2.25. The van der Waals surface area contributed by atoms with Gasteiger partial charge < -0.3 is 9.84 Å². The van der Waals surface area contributed by atoms with Gasteiger partial charge in [-0.1, -0.05) is 24.3 Å². The average molecular weight is 346 g/mol. The Bertz CT molecular complexity index is 738. The molecule has 2 aromatic carbocycles. The number of morpholine rings is 1. The molecule has 25 heavy (non-hydrogen) atoms. The lowest BCUT2D eigenvalue weighted by Crippen LogP contribution is -2.40. The number of non-ortho nitro benzene ring substituents is 1. The van der Waals surface area contributed by atoms with E-state index in [0.717, 1.165) is 5.56 Å². The first-order valence-corrected chi connectivity index (χ1v) is 8.05. The third-order valence-electron chi connectivity index (χ3n) is 4.29. The fourth-order valence-electron chi connectivity index (χ4n) is 2.94. The Hall–Kier alpha value is -2.35. The summed E-state index contributed by atoms with van der Waals surface area (Å²) < 4.78 is 18.8. The summed E-state index contributed by atoms with van der Waals surface area (Å²) >= 11 is 0. The molecular formula is C18H19FN2O4. The number of aliphatic hydroxyl groups is 1. The maximum Gasteiger partial charge on any atom is 0.269 e. The van der Waals surface area contributed by atoms with Gasteiger partial charge in [0.25, 0.3) is 5.69 Å². The predicted molar refractivity (Wildman–Crippen MR) is 89.6 cm³/mol. The zero-order valence-electron chi connectivity index (χ0n) is 13.5. The SMILES string of the molecule is O=[N+]([O-])c1cccc(C(O)CN2CCOC(c3ccc(F)cc3)C2)c1. The number of rotatable bonds is 5. The predicted octanol–water partition coefficient (Wildman–Crippen LogP) is 2.84. The minimum atomic E-state index is -0.827. The molecule has 1 N–H and O–H groups in total.